The summed E-state index contributed by atoms with van der Waals surface area (Å²) in [7, 11) is 0. The largest absolute Gasteiger partial charge is 0.256 e. The minimum atomic E-state index is 0.456. The van der Waals surface area contributed by atoms with Crippen molar-refractivity contribution >= 4 is 0 Å². The molecule has 0 fully saturated rings. The van der Waals surface area contributed by atoms with Gasteiger partial charge in [-0.1, -0.05) is 74.5 Å². The van der Waals surface area contributed by atoms with E-state index < -0.39 is 0 Å². The fourth-order valence-corrected chi connectivity index (χ4v) is 2.56. The Bertz CT molecular complexity index is 715. The molecule has 0 spiro atoms. The predicted octanol–water partition coefficient (Wildman–Crippen LogP) is 5.54. The second-order valence-electron chi connectivity index (χ2n) is 5.54. The molecule has 1 heteroatoms. The van der Waals surface area contributed by atoms with Gasteiger partial charge in [0.1, 0.15) is 0 Å². The molecule has 0 amide bonds. The van der Waals surface area contributed by atoms with E-state index in [1.807, 2.05) is 12.3 Å². The molecule has 104 valence electrons. The Hall–Kier alpha value is -2.41. The van der Waals surface area contributed by atoms with Gasteiger partial charge in [-0.15, -0.1) is 0 Å². The molecule has 0 bridgehead atoms. The lowest BCUT2D eigenvalue weighted by molar-refractivity contribution is 0.861. The Balaban J connectivity index is 2.16. The van der Waals surface area contributed by atoms with Crippen LogP contribution in [0.2, 0.25) is 0 Å². The number of benzene rings is 2. The lowest BCUT2D eigenvalue weighted by Gasteiger charge is -2.14. The normalized spacial score (nSPS) is 10.8. The summed E-state index contributed by atoms with van der Waals surface area (Å²) in [5.41, 5.74) is 6.00. The quantitative estimate of drug-likeness (QED) is 0.610. The van der Waals surface area contributed by atoms with Gasteiger partial charge >= 0.3 is 0 Å². The van der Waals surface area contributed by atoms with E-state index in [0.717, 1.165) is 11.3 Å². The van der Waals surface area contributed by atoms with Crippen molar-refractivity contribution in [3.8, 4) is 22.4 Å². The number of hydrogen-bond acceptors (Lipinski definition) is 1. The van der Waals surface area contributed by atoms with Gasteiger partial charge in [0, 0.05) is 11.8 Å². The zero-order valence-corrected chi connectivity index (χ0v) is 12.5. The van der Waals surface area contributed by atoms with Gasteiger partial charge in [-0.05, 0) is 28.7 Å². The molecular weight excluding hydrogens is 254 g/mol. The molecule has 0 unspecified atom stereocenters. The van der Waals surface area contributed by atoms with E-state index in [1.165, 1.54) is 16.7 Å². The summed E-state index contributed by atoms with van der Waals surface area (Å²) >= 11 is 0. The van der Waals surface area contributed by atoms with Crippen LogP contribution in [-0.4, -0.2) is 4.98 Å². The predicted molar refractivity (Wildman–Crippen MR) is 89.2 cm³/mol. The molecule has 0 aliphatic carbocycles. The first-order valence-electron chi connectivity index (χ1n) is 7.36. The molecule has 1 heterocycles. The van der Waals surface area contributed by atoms with Crippen LogP contribution in [0.25, 0.3) is 22.4 Å². The summed E-state index contributed by atoms with van der Waals surface area (Å²) in [6.07, 6.45) is 2.02. The third kappa shape index (κ3) is 2.87. The van der Waals surface area contributed by atoms with Gasteiger partial charge in [0.05, 0.1) is 5.69 Å². The van der Waals surface area contributed by atoms with Crippen molar-refractivity contribution < 1.29 is 0 Å². The average molecular weight is 273 g/mol. The SMILES string of the molecule is CC(C)c1cnc(-c2ccccc2)cc1-c1ccccc1. The minimum absolute atomic E-state index is 0.456. The Morgan fingerprint density at radius 2 is 1.33 bits per heavy atom. The zero-order valence-electron chi connectivity index (χ0n) is 12.5. The van der Waals surface area contributed by atoms with Crippen LogP contribution >= 0.6 is 0 Å². The van der Waals surface area contributed by atoms with Gasteiger partial charge in [-0.25, -0.2) is 0 Å². The van der Waals surface area contributed by atoms with Gasteiger partial charge < -0.3 is 0 Å². The van der Waals surface area contributed by atoms with Crippen LogP contribution in [0.15, 0.2) is 72.9 Å². The Morgan fingerprint density at radius 1 is 0.762 bits per heavy atom. The van der Waals surface area contributed by atoms with Crippen LogP contribution in [0.1, 0.15) is 25.3 Å². The maximum absolute atomic E-state index is 4.66. The highest BCUT2D eigenvalue weighted by atomic mass is 14.7. The lowest BCUT2D eigenvalue weighted by atomic mass is 9.93. The molecule has 0 N–H and O–H groups in total. The van der Waals surface area contributed by atoms with E-state index >= 15 is 0 Å². The first kappa shape index (κ1) is 13.6. The second-order valence-corrected chi connectivity index (χ2v) is 5.54. The van der Waals surface area contributed by atoms with E-state index in [0.29, 0.717) is 5.92 Å². The number of nitrogens with zero attached hydrogens (tertiary/aromatic N) is 1. The summed E-state index contributed by atoms with van der Waals surface area (Å²) in [5.74, 6) is 0.456. The van der Waals surface area contributed by atoms with Gasteiger partial charge in [0.25, 0.3) is 0 Å². The fraction of sp³-hybridized carbons (Fsp3) is 0.150. The first-order valence-corrected chi connectivity index (χ1v) is 7.36. The molecule has 3 aromatic rings. The molecular formula is C20H19N. The monoisotopic (exact) mass is 273 g/mol. The van der Waals surface area contributed by atoms with Crippen molar-refractivity contribution in [2.75, 3.05) is 0 Å². The molecule has 2 aromatic carbocycles. The third-order valence-corrected chi connectivity index (χ3v) is 3.71. The topological polar surface area (TPSA) is 12.9 Å². The standard InChI is InChI=1S/C20H19N/c1-15(2)19-14-21-20(17-11-7-4-8-12-17)13-18(19)16-9-5-3-6-10-16/h3-15H,1-2H3. The molecule has 0 saturated heterocycles. The highest BCUT2D eigenvalue weighted by Crippen LogP contribution is 2.31. The van der Waals surface area contributed by atoms with Crippen LogP contribution in [0.5, 0.6) is 0 Å². The third-order valence-electron chi connectivity index (χ3n) is 3.71. The summed E-state index contributed by atoms with van der Waals surface area (Å²) in [6, 6.07) is 23.1. The number of aromatic nitrogens is 1. The van der Waals surface area contributed by atoms with E-state index in [-0.39, 0.29) is 0 Å². The maximum atomic E-state index is 4.66. The summed E-state index contributed by atoms with van der Waals surface area (Å²) in [6.45, 7) is 4.43. The lowest BCUT2D eigenvalue weighted by Crippen LogP contribution is -1.96. The van der Waals surface area contributed by atoms with Crippen LogP contribution in [0.4, 0.5) is 0 Å². The minimum Gasteiger partial charge on any atom is -0.256 e. The molecule has 0 aliphatic heterocycles. The maximum Gasteiger partial charge on any atom is 0.0708 e. The van der Waals surface area contributed by atoms with Crippen LogP contribution in [-0.2, 0) is 0 Å². The molecule has 21 heavy (non-hydrogen) atoms. The van der Waals surface area contributed by atoms with Gasteiger partial charge in [0.15, 0.2) is 0 Å². The van der Waals surface area contributed by atoms with Crippen molar-refractivity contribution in [2.45, 2.75) is 19.8 Å². The molecule has 0 saturated carbocycles. The van der Waals surface area contributed by atoms with Crippen molar-refractivity contribution in [2.24, 2.45) is 0 Å². The van der Waals surface area contributed by atoms with E-state index in [1.54, 1.807) is 0 Å². The van der Waals surface area contributed by atoms with Crippen molar-refractivity contribution in [1.82, 2.24) is 4.98 Å². The molecule has 0 radical (unpaired) electrons. The first-order chi connectivity index (χ1) is 10.3. The van der Waals surface area contributed by atoms with Gasteiger partial charge in [0.2, 0.25) is 0 Å². The zero-order chi connectivity index (χ0) is 14.7. The second kappa shape index (κ2) is 5.92. The Morgan fingerprint density at radius 3 is 1.90 bits per heavy atom. The number of hydrogen-bond donors (Lipinski definition) is 0. The van der Waals surface area contributed by atoms with Gasteiger partial charge in [-0.2, -0.15) is 0 Å². The number of pyridine rings is 1. The summed E-state index contributed by atoms with van der Waals surface area (Å²) < 4.78 is 0. The van der Waals surface area contributed by atoms with Gasteiger partial charge in [-0.3, -0.25) is 4.98 Å². The van der Waals surface area contributed by atoms with Crippen molar-refractivity contribution in [3.05, 3.63) is 78.5 Å². The summed E-state index contributed by atoms with van der Waals surface area (Å²) in [4.78, 5) is 4.66. The molecule has 1 aromatic heterocycles. The molecule has 3 rings (SSSR count). The van der Waals surface area contributed by atoms with E-state index in [4.69, 9.17) is 0 Å². The van der Waals surface area contributed by atoms with Crippen LogP contribution in [0.3, 0.4) is 0 Å². The van der Waals surface area contributed by atoms with Crippen molar-refractivity contribution in [1.29, 1.82) is 0 Å². The van der Waals surface area contributed by atoms with Crippen molar-refractivity contribution in [3.63, 3.8) is 0 Å². The Labute approximate surface area is 126 Å². The van der Waals surface area contributed by atoms with Crippen LogP contribution in [0, 0.1) is 0 Å². The number of rotatable bonds is 3. The smallest absolute Gasteiger partial charge is 0.0708 e. The molecule has 0 aliphatic rings. The van der Waals surface area contributed by atoms with E-state index in [2.05, 4.69) is 79.5 Å². The molecule has 0 atom stereocenters. The van der Waals surface area contributed by atoms with Crippen LogP contribution < -0.4 is 0 Å². The highest BCUT2D eigenvalue weighted by Gasteiger charge is 2.11. The Kier molecular flexibility index (Phi) is 3.83. The average Bonchev–Trinajstić information content (AvgIpc) is 2.56. The summed E-state index contributed by atoms with van der Waals surface area (Å²) in [5, 5.41) is 0. The highest BCUT2D eigenvalue weighted by molar-refractivity contribution is 5.73. The molecule has 1 nitrogen and oxygen atoms in total. The van der Waals surface area contributed by atoms with E-state index in [9.17, 15) is 0 Å². The fourth-order valence-electron chi connectivity index (χ4n) is 2.56.